The third kappa shape index (κ3) is 3.31. The number of hydrogen-bond acceptors (Lipinski definition) is 4. The van der Waals surface area contributed by atoms with Gasteiger partial charge in [-0.05, 0) is 24.6 Å². The van der Waals surface area contributed by atoms with E-state index in [1.165, 1.54) is 5.37 Å². The number of aryl methyl sites for hydroxylation is 1. The van der Waals surface area contributed by atoms with E-state index >= 15 is 0 Å². The Bertz CT molecular complexity index is 578. The molecule has 0 N–H and O–H groups in total. The number of halogens is 1. The lowest BCUT2D eigenvalue weighted by Gasteiger charge is -2.10. The number of thiocarbonyl (C=S) groups is 1. The zero-order valence-corrected chi connectivity index (χ0v) is 12.9. The molecule has 5 heteroatoms. The van der Waals surface area contributed by atoms with Gasteiger partial charge in [0.2, 0.25) is 0 Å². The van der Waals surface area contributed by atoms with Crippen LogP contribution in [0.1, 0.15) is 22.3 Å². The molecular weight excluding hydrogens is 328 g/mol. The molecular formula is C13H11BrN2S2. The molecule has 0 saturated carbocycles. The van der Waals surface area contributed by atoms with Crippen molar-refractivity contribution in [2.45, 2.75) is 13.0 Å². The van der Waals surface area contributed by atoms with Crippen molar-refractivity contribution in [3.8, 4) is 0 Å². The second-order valence-electron chi connectivity index (χ2n) is 3.68. The minimum atomic E-state index is -0.0911. The van der Waals surface area contributed by atoms with Crippen molar-refractivity contribution in [3.05, 3.63) is 50.4 Å². The average Bonchev–Trinajstić information content (AvgIpc) is 2.76. The summed E-state index contributed by atoms with van der Waals surface area (Å²) in [6.45, 7) is 2.00. The van der Waals surface area contributed by atoms with Crippen LogP contribution < -0.4 is 0 Å². The van der Waals surface area contributed by atoms with E-state index in [-0.39, 0.29) is 6.04 Å². The lowest BCUT2D eigenvalue weighted by Crippen LogP contribution is -1.99. The summed E-state index contributed by atoms with van der Waals surface area (Å²) < 4.78 is 1.04. The highest BCUT2D eigenvalue weighted by Crippen LogP contribution is 2.28. The van der Waals surface area contributed by atoms with Gasteiger partial charge in [0.15, 0.2) is 0 Å². The quantitative estimate of drug-likeness (QED) is 0.610. The normalized spacial score (nSPS) is 12.8. The molecule has 18 heavy (non-hydrogen) atoms. The molecule has 0 spiro atoms. The van der Waals surface area contributed by atoms with E-state index in [0.29, 0.717) is 0 Å². The molecule has 0 saturated heterocycles. The molecule has 92 valence electrons. The van der Waals surface area contributed by atoms with Crippen LogP contribution in [-0.2, 0) is 0 Å². The number of thiazole rings is 1. The Morgan fingerprint density at radius 3 is 2.94 bits per heavy atom. The zero-order valence-electron chi connectivity index (χ0n) is 9.71. The van der Waals surface area contributed by atoms with Crippen LogP contribution in [0.5, 0.6) is 0 Å². The average molecular weight is 339 g/mol. The van der Waals surface area contributed by atoms with Crippen molar-refractivity contribution < 1.29 is 0 Å². The van der Waals surface area contributed by atoms with Crippen molar-refractivity contribution in [2.24, 2.45) is 4.99 Å². The van der Waals surface area contributed by atoms with E-state index < -0.39 is 0 Å². The summed E-state index contributed by atoms with van der Waals surface area (Å²) in [5.41, 5.74) is 2.06. The van der Waals surface area contributed by atoms with E-state index in [4.69, 9.17) is 12.2 Å². The molecule has 1 heterocycles. The number of benzene rings is 1. The summed E-state index contributed by atoms with van der Waals surface area (Å²) in [5, 5.41) is 4.61. The van der Waals surface area contributed by atoms with Crippen molar-refractivity contribution in [2.75, 3.05) is 0 Å². The lowest BCUT2D eigenvalue weighted by molar-refractivity contribution is 0.841. The smallest absolute Gasteiger partial charge is 0.118 e. The fraction of sp³-hybridized carbons (Fsp3) is 0.154. The van der Waals surface area contributed by atoms with Gasteiger partial charge >= 0.3 is 0 Å². The SMILES string of the molecule is Cc1nc(C(N=CC=S)c2cccc(Br)c2)cs1. The van der Waals surface area contributed by atoms with Gasteiger partial charge in [-0.1, -0.05) is 40.3 Å². The van der Waals surface area contributed by atoms with E-state index in [1.54, 1.807) is 17.6 Å². The zero-order chi connectivity index (χ0) is 13.0. The molecule has 1 atom stereocenters. The Labute approximate surface area is 124 Å². The first kappa shape index (κ1) is 13.5. The molecule has 1 unspecified atom stereocenters. The fourth-order valence-electron chi connectivity index (χ4n) is 1.64. The van der Waals surface area contributed by atoms with Crippen LogP contribution in [0.25, 0.3) is 0 Å². The summed E-state index contributed by atoms with van der Waals surface area (Å²) in [7, 11) is 0. The van der Waals surface area contributed by atoms with Crippen LogP contribution in [0.15, 0.2) is 39.1 Å². The Kier molecular flexibility index (Phi) is 4.74. The standard InChI is InChI=1S/C13H11BrN2S2/c1-9-16-12(8-18-9)13(15-5-6-17)10-3-2-4-11(14)7-10/h2-8,13H,1H3. The van der Waals surface area contributed by atoms with Crippen LogP contribution in [0.3, 0.4) is 0 Å². The number of aliphatic imine (C=N–C) groups is 1. The molecule has 1 aromatic heterocycles. The Morgan fingerprint density at radius 1 is 1.50 bits per heavy atom. The Balaban J connectivity index is 2.42. The maximum atomic E-state index is 4.80. The van der Waals surface area contributed by atoms with Crippen molar-refractivity contribution in [1.29, 1.82) is 0 Å². The van der Waals surface area contributed by atoms with Crippen LogP contribution in [0, 0.1) is 6.92 Å². The molecule has 0 aliphatic carbocycles. The molecule has 0 fully saturated rings. The van der Waals surface area contributed by atoms with Gasteiger partial charge in [-0.3, -0.25) is 4.99 Å². The van der Waals surface area contributed by atoms with Crippen molar-refractivity contribution >= 4 is 51.1 Å². The largest absolute Gasteiger partial charge is 0.278 e. The van der Waals surface area contributed by atoms with Gasteiger partial charge in [0.05, 0.1) is 10.7 Å². The van der Waals surface area contributed by atoms with Crippen molar-refractivity contribution in [1.82, 2.24) is 4.98 Å². The highest BCUT2D eigenvalue weighted by atomic mass is 79.9. The minimum absolute atomic E-state index is 0.0911. The molecule has 2 rings (SSSR count). The third-order valence-electron chi connectivity index (χ3n) is 2.38. The summed E-state index contributed by atoms with van der Waals surface area (Å²) in [5.74, 6) is 0. The van der Waals surface area contributed by atoms with E-state index in [9.17, 15) is 0 Å². The molecule has 0 bridgehead atoms. The van der Waals surface area contributed by atoms with Gasteiger partial charge in [-0.15, -0.1) is 11.3 Å². The summed E-state index contributed by atoms with van der Waals surface area (Å²) in [6.07, 6.45) is 1.65. The molecule has 0 amide bonds. The number of rotatable bonds is 4. The van der Waals surface area contributed by atoms with E-state index in [0.717, 1.165) is 20.7 Å². The Hall–Kier alpha value is -0.910. The van der Waals surface area contributed by atoms with Crippen LogP contribution in [0.4, 0.5) is 0 Å². The van der Waals surface area contributed by atoms with Crippen molar-refractivity contribution in [3.63, 3.8) is 0 Å². The molecule has 1 aromatic carbocycles. The van der Waals surface area contributed by atoms with Gasteiger partial charge in [0.25, 0.3) is 0 Å². The number of hydrogen-bond donors (Lipinski definition) is 0. The predicted octanol–water partition coefficient (Wildman–Crippen LogP) is 4.37. The molecule has 0 radical (unpaired) electrons. The summed E-state index contributed by atoms with van der Waals surface area (Å²) in [4.78, 5) is 8.99. The lowest BCUT2D eigenvalue weighted by atomic mass is 10.1. The number of nitrogens with zero attached hydrogens (tertiary/aromatic N) is 2. The fourth-order valence-corrected chi connectivity index (χ4v) is 2.76. The monoisotopic (exact) mass is 338 g/mol. The first-order chi connectivity index (χ1) is 8.70. The summed E-state index contributed by atoms with van der Waals surface area (Å²) >= 11 is 9.91. The first-order valence-corrected chi connectivity index (χ1v) is 7.49. The van der Waals surface area contributed by atoms with Gasteiger partial charge in [-0.2, -0.15) is 0 Å². The predicted molar refractivity (Wildman–Crippen MR) is 85.0 cm³/mol. The molecule has 2 aromatic rings. The highest BCUT2D eigenvalue weighted by Gasteiger charge is 2.15. The second kappa shape index (κ2) is 6.31. The van der Waals surface area contributed by atoms with E-state index in [1.807, 2.05) is 30.5 Å². The maximum absolute atomic E-state index is 4.80. The maximum Gasteiger partial charge on any atom is 0.118 e. The molecule has 2 nitrogen and oxygen atoms in total. The highest BCUT2D eigenvalue weighted by molar-refractivity contribution is 9.10. The van der Waals surface area contributed by atoms with Crippen LogP contribution in [0.2, 0.25) is 0 Å². The minimum Gasteiger partial charge on any atom is -0.278 e. The summed E-state index contributed by atoms with van der Waals surface area (Å²) in [6, 6.07) is 8.01. The Morgan fingerprint density at radius 2 is 2.33 bits per heavy atom. The van der Waals surface area contributed by atoms with Gasteiger partial charge in [0, 0.05) is 21.4 Å². The van der Waals surface area contributed by atoms with Crippen LogP contribution in [-0.4, -0.2) is 16.6 Å². The van der Waals surface area contributed by atoms with Gasteiger partial charge < -0.3 is 0 Å². The van der Waals surface area contributed by atoms with E-state index in [2.05, 4.69) is 32.0 Å². The second-order valence-corrected chi connectivity index (χ2v) is 5.93. The topological polar surface area (TPSA) is 25.2 Å². The van der Waals surface area contributed by atoms with Crippen LogP contribution >= 0.6 is 39.5 Å². The van der Waals surface area contributed by atoms with Gasteiger partial charge in [-0.25, -0.2) is 4.98 Å². The first-order valence-electron chi connectivity index (χ1n) is 5.35. The molecule has 0 aliphatic rings. The number of aromatic nitrogens is 1. The third-order valence-corrected chi connectivity index (χ3v) is 3.78. The van der Waals surface area contributed by atoms with Gasteiger partial charge in [0.1, 0.15) is 6.04 Å². The molecule has 0 aliphatic heterocycles.